The Hall–Kier alpha value is -1.52. The molecule has 0 aliphatic rings. The third-order valence-electron chi connectivity index (χ3n) is 2.91. The standard InChI is InChI=1S/C15H24O5/c1-4-15(19)20-14(9-6-12(3)17)10-8-13(18)7-5-11(2)16/h14H,4-10H2,1-3H3. The van der Waals surface area contributed by atoms with Gasteiger partial charge < -0.3 is 14.3 Å². The van der Waals surface area contributed by atoms with Crippen molar-refractivity contribution < 1.29 is 23.9 Å². The molecule has 0 N–H and O–H groups in total. The highest BCUT2D eigenvalue weighted by Gasteiger charge is 2.16. The number of carbonyl (C=O) groups is 4. The Kier molecular flexibility index (Phi) is 9.51. The third kappa shape index (κ3) is 10.4. The molecule has 0 radical (unpaired) electrons. The van der Waals surface area contributed by atoms with Crippen LogP contribution < -0.4 is 0 Å². The van der Waals surface area contributed by atoms with Crippen molar-refractivity contribution in [2.24, 2.45) is 0 Å². The fourth-order valence-electron chi connectivity index (χ4n) is 1.66. The second kappa shape index (κ2) is 10.3. The van der Waals surface area contributed by atoms with Crippen LogP contribution in [0, 0.1) is 0 Å². The van der Waals surface area contributed by atoms with Gasteiger partial charge >= 0.3 is 5.97 Å². The normalized spacial score (nSPS) is 11.8. The van der Waals surface area contributed by atoms with Crippen LogP contribution in [0.3, 0.4) is 0 Å². The van der Waals surface area contributed by atoms with Crippen LogP contribution in [-0.2, 0) is 23.9 Å². The summed E-state index contributed by atoms with van der Waals surface area (Å²) < 4.78 is 5.22. The van der Waals surface area contributed by atoms with Gasteiger partial charge in [0.15, 0.2) is 0 Å². The summed E-state index contributed by atoms with van der Waals surface area (Å²) in [5.41, 5.74) is 0. The van der Waals surface area contributed by atoms with Crippen molar-refractivity contribution in [3.8, 4) is 0 Å². The molecular weight excluding hydrogens is 260 g/mol. The maximum atomic E-state index is 11.6. The molecule has 0 aromatic rings. The quantitative estimate of drug-likeness (QED) is 0.544. The van der Waals surface area contributed by atoms with Gasteiger partial charge in [-0.2, -0.15) is 0 Å². The minimum Gasteiger partial charge on any atom is -0.462 e. The fourth-order valence-corrected chi connectivity index (χ4v) is 1.66. The largest absolute Gasteiger partial charge is 0.462 e. The zero-order chi connectivity index (χ0) is 15.5. The predicted molar refractivity (Wildman–Crippen MR) is 74.2 cm³/mol. The van der Waals surface area contributed by atoms with Crippen molar-refractivity contribution in [2.45, 2.75) is 71.8 Å². The Labute approximate surface area is 120 Å². The second-order valence-electron chi connectivity index (χ2n) is 4.99. The molecule has 0 aliphatic heterocycles. The first-order chi connectivity index (χ1) is 9.35. The summed E-state index contributed by atoms with van der Waals surface area (Å²) in [7, 11) is 0. The van der Waals surface area contributed by atoms with E-state index in [2.05, 4.69) is 0 Å². The van der Waals surface area contributed by atoms with Crippen molar-refractivity contribution in [2.75, 3.05) is 0 Å². The van der Waals surface area contributed by atoms with Crippen molar-refractivity contribution in [3.05, 3.63) is 0 Å². The maximum absolute atomic E-state index is 11.6. The highest BCUT2D eigenvalue weighted by Crippen LogP contribution is 2.13. The molecular formula is C15H24O5. The van der Waals surface area contributed by atoms with E-state index in [0.717, 1.165) is 0 Å². The Bertz CT molecular complexity index is 359. The van der Waals surface area contributed by atoms with Crippen molar-refractivity contribution in [3.63, 3.8) is 0 Å². The van der Waals surface area contributed by atoms with E-state index in [-0.39, 0.29) is 49.0 Å². The van der Waals surface area contributed by atoms with Gasteiger partial charge in [0.2, 0.25) is 0 Å². The Balaban J connectivity index is 4.19. The van der Waals surface area contributed by atoms with Crippen molar-refractivity contribution in [1.82, 2.24) is 0 Å². The summed E-state index contributed by atoms with van der Waals surface area (Å²) in [4.78, 5) is 44.6. The van der Waals surface area contributed by atoms with Gasteiger partial charge in [-0.15, -0.1) is 0 Å². The highest BCUT2D eigenvalue weighted by atomic mass is 16.5. The zero-order valence-electron chi connectivity index (χ0n) is 12.6. The average molecular weight is 284 g/mol. The van der Waals surface area contributed by atoms with Crippen LogP contribution in [0.5, 0.6) is 0 Å². The third-order valence-corrected chi connectivity index (χ3v) is 2.91. The lowest BCUT2D eigenvalue weighted by Gasteiger charge is -2.16. The molecule has 0 spiro atoms. The Morgan fingerprint density at radius 1 is 0.850 bits per heavy atom. The number of ether oxygens (including phenoxy) is 1. The van der Waals surface area contributed by atoms with E-state index in [1.165, 1.54) is 13.8 Å². The number of hydrogen-bond donors (Lipinski definition) is 0. The number of carbonyl (C=O) groups excluding carboxylic acids is 4. The highest BCUT2D eigenvalue weighted by molar-refractivity contribution is 5.84. The Morgan fingerprint density at radius 2 is 1.40 bits per heavy atom. The molecule has 114 valence electrons. The van der Waals surface area contributed by atoms with E-state index in [4.69, 9.17) is 4.74 Å². The van der Waals surface area contributed by atoms with Crippen LogP contribution in [0.2, 0.25) is 0 Å². The van der Waals surface area contributed by atoms with Gasteiger partial charge in [-0.1, -0.05) is 6.92 Å². The summed E-state index contributed by atoms with van der Waals surface area (Å²) in [5, 5.41) is 0. The monoisotopic (exact) mass is 284 g/mol. The smallest absolute Gasteiger partial charge is 0.305 e. The first-order valence-electron chi connectivity index (χ1n) is 7.05. The molecule has 0 aliphatic carbocycles. The van der Waals surface area contributed by atoms with E-state index in [9.17, 15) is 19.2 Å². The summed E-state index contributed by atoms with van der Waals surface area (Å²) in [6.45, 7) is 4.63. The lowest BCUT2D eigenvalue weighted by molar-refractivity contribution is -0.150. The molecule has 0 fully saturated rings. The Morgan fingerprint density at radius 3 is 1.90 bits per heavy atom. The zero-order valence-corrected chi connectivity index (χ0v) is 12.6. The van der Waals surface area contributed by atoms with Gasteiger partial charge in [-0.05, 0) is 26.7 Å². The van der Waals surface area contributed by atoms with Gasteiger partial charge in [0.05, 0.1) is 0 Å². The second-order valence-corrected chi connectivity index (χ2v) is 4.99. The first-order valence-corrected chi connectivity index (χ1v) is 7.05. The summed E-state index contributed by atoms with van der Waals surface area (Å²) in [6, 6.07) is 0. The molecule has 0 rings (SSSR count). The molecule has 1 atom stereocenters. The molecule has 5 heteroatoms. The minimum atomic E-state index is -0.396. The van der Waals surface area contributed by atoms with Crippen LogP contribution in [0.1, 0.15) is 65.7 Å². The SMILES string of the molecule is CCC(=O)OC(CCC(C)=O)CCC(=O)CCC(C)=O. The summed E-state index contributed by atoms with van der Waals surface area (Å²) in [5.74, 6) is -0.315. The van der Waals surface area contributed by atoms with E-state index < -0.39 is 6.10 Å². The van der Waals surface area contributed by atoms with Crippen LogP contribution in [0.15, 0.2) is 0 Å². The van der Waals surface area contributed by atoms with E-state index in [0.29, 0.717) is 19.3 Å². The average Bonchev–Trinajstić information content (AvgIpc) is 2.38. The molecule has 0 aromatic carbocycles. The van der Waals surface area contributed by atoms with Gasteiger partial charge in [0.1, 0.15) is 23.5 Å². The lowest BCUT2D eigenvalue weighted by Crippen LogP contribution is -2.20. The maximum Gasteiger partial charge on any atom is 0.305 e. The van der Waals surface area contributed by atoms with E-state index in [1.807, 2.05) is 0 Å². The molecule has 5 nitrogen and oxygen atoms in total. The summed E-state index contributed by atoms with van der Waals surface area (Å²) >= 11 is 0. The molecule has 0 amide bonds. The summed E-state index contributed by atoms with van der Waals surface area (Å²) in [6.07, 6.45) is 1.83. The van der Waals surface area contributed by atoms with Crippen LogP contribution >= 0.6 is 0 Å². The number of Topliss-reactive ketones (excluding diaryl/α,β-unsaturated/α-hetero) is 3. The molecule has 0 heterocycles. The molecule has 0 saturated heterocycles. The van der Waals surface area contributed by atoms with Gasteiger partial charge in [-0.25, -0.2) is 0 Å². The topological polar surface area (TPSA) is 77.5 Å². The van der Waals surface area contributed by atoms with Crippen molar-refractivity contribution in [1.29, 1.82) is 0 Å². The molecule has 1 unspecified atom stereocenters. The van der Waals surface area contributed by atoms with Crippen LogP contribution in [0.25, 0.3) is 0 Å². The number of ketones is 3. The molecule has 0 bridgehead atoms. The van der Waals surface area contributed by atoms with Gasteiger partial charge in [-0.3, -0.25) is 9.59 Å². The van der Waals surface area contributed by atoms with E-state index in [1.54, 1.807) is 6.92 Å². The molecule has 20 heavy (non-hydrogen) atoms. The first kappa shape index (κ1) is 18.5. The molecule has 0 aromatic heterocycles. The van der Waals surface area contributed by atoms with Crippen molar-refractivity contribution >= 4 is 23.3 Å². The van der Waals surface area contributed by atoms with Crippen LogP contribution in [-0.4, -0.2) is 29.4 Å². The minimum absolute atomic E-state index is 0.0103. The molecule has 0 saturated carbocycles. The van der Waals surface area contributed by atoms with E-state index >= 15 is 0 Å². The van der Waals surface area contributed by atoms with Gasteiger partial charge in [0.25, 0.3) is 0 Å². The predicted octanol–water partition coefficient (Wildman–Crippen LogP) is 2.40. The van der Waals surface area contributed by atoms with Crippen LogP contribution in [0.4, 0.5) is 0 Å². The van der Waals surface area contributed by atoms with Gasteiger partial charge in [0, 0.05) is 32.1 Å². The number of hydrogen-bond acceptors (Lipinski definition) is 5. The number of rotatable bonds is 11. The fraction of sp³-hybridized carbons (Fsp3) is 0.733. The lowest BCUT2D eigenvalue weighted by atomic mass is 10.0. The number of esters is 1.